The molecule has 8 heteroatoms. The highest BCUT2D eigenvalue weighted by Gasteiger charge is 2.07. The first kappa shape index (κ1) is 14.3. The smallest absolute Gasteiger partial charge is 0.183 e. The zero-order valence-corrected chi connectivity index (χ0v) is 14.2. The molecule has 0 atom stereocenters. The van der Waals surface area contributed by atoms with Crippen molar-refractivity contribution in [2.75, 3.05) is 5.32 Å². The van der Waals surface area contributed by atoms with Gasteiger partial charge in [-0.15, -0.1) is 5.10 Å². The van der Waals surface area contributed by atoms with Crippen molar-refractivity contribution >= 4 is 37.5 Å². The predicted molar refractivity (Wildman–Crippen MR) is 85.3 cm³/mol. The first-order valence-corrected chi connectivity index (χ1v) is 7.73. The Morgan fingerprint density at radius 1 is 1.29 bits per heavy atom. The molecule has 0 saturated heterocycles. The quantitative estimate of drug-likeness (QED) is 0.707. The Morgan fingerprint density at radius 3 is 2.81 bits per heavy atom. The molecule has 21 heavy (non-hydrogen) atoms. The summed E-state index contributed by atoms with van der Waals surface area (Å²) in [4.78, 5) is 0. The summed E-state index contributed by atoms with van der Waals surface area (Å²) in [5.41, 5.74) is 3.00. The van der Waals surface area contributed by atoms with E-state index < -0.39 is 0 Å². The molecule has 0 aliphatic rings. The highest BCUT2D eigenvalue weighted by molar-refractivity contribution is 9.13. The topological polar surface area (TPSA) is 68.8 Å². The van der Waals surface area contributed by atoms with Crippen LogP contribution in [0, 0.1) is 6.92 Å². The fraction of sp³-hybridized carbons (Fsp3) is 0.154. The van der Waals surface area contributed by atoms with Crippen molar-refractivity contribution in [3.8, 4) is 5.69 Å². The van der Waals surface area contributed by atoms with Gasteiger partial charge in [0.1, 0.15) is 12.1 Å². The molecule has 108 valence electrons. The second-order valence-electron chi connectivity index (χ2n) is 4.44. The Bertz CT molecular complexity index is 735. The third-order valence-electron chi connectivity index (χ3n) is 2.97. The van der Waals surface area contributed by atoms with E-state index in [2.05, 4.69) is 52.7 Å². The molecule has 6 nitrogen and oxygen atoms in total. The van der Waals surface area contributed by atoms with Gasteiger partial charge in [-0.3, -0.25) is 0 Å². The van der Waals surface area contributed by atoms with Crippen LogP contribution >= 0.6 is 31.9 Å². The number of rotatable bonds is 4. The molecule has 0 radical (unpaired) electrons. The Labute approximate surface area is 137 Å². The molecule has 0 amide bonds. The average molecular weight is 413 g/mol. The number of aryl methyl sites for hydroxylation is 1. The number of nitrogens with one attached hydrogen (secondary N) is 1. The maximum atomic E-state index is 5.53. The Morgan fingerprint density at radius 2 is 2.14 bits per heavy atom. The van der Waals surface area contributed by atoms with E-state index in [1.54, 1.807) is 11.0 Å². The lowest BCUT2D eigenvalue weighted by molar-refractivity contribution is 0.494. The van der Waals surface area contributed by atoms with Crippen molar-refractivity contribution in [3.05, 3.63) is 51.1 Å². The molecule has 1 aromatic carbocycles. The Kier molecular flexibility index (Phi) is 4.07. The number of anilines is 1. The molecule has 0 aliphatic carbocycles. The minimum Gasteiger partial charge on any atom is -0.451 e. The molecular weight excluding hydrogens is 402 g/mol. The molecule has 0 fully saturated rings. The molecule has 0 aliphatic heterocycles. The lowest BCUT2D eigenvalue weighted by Crippen LogP contribution is -2.02. The number of furan rings is 1. The summed E-state index contributed by atoms with van der Waals surface area (Å²) in [5.74, 6) is 0.832. The van der Waals surface area contributed by atoms with Crippen molar-refractivity contribution < 1.29 is 4.42 Å². The third kappa shape index (κ3) is 3.16. The molecule has 3 rings (SSSR count). The van der Waals surface area contributed by atoms with Crippen LogP contribution in [-0.2, 0) is 6.54 Å². The summed E-state index contributed by atoms with van der Waals surface area (Å²) in [7, 11) is 0. The van der Waals surface area contributed by atoms with Gasteiger partial charge in [0, 0.05) is 5.69 Å². The summed E-state index contributed by atoms with van der Waals surface area (Å²) < 4.78 is 8.76. The highest BCUT2D eigenvalue weighted by Crippen LogP contribution is 2.27. The zero-order chi connectivity index (χ0) is 14.8. The molecule has 1 N–H and O–H groups in total. The van der Waals surface area contributed by atoms with Gasteiger partial charge in [-0.2, -0.15) is 0 Å². The molecule has 3 aromatic rings. The average Bonchev–Trinajstić information content (AvgIpc) is 3.09. The summed E-state index contributed by atoms with van der Waals surface area (Å²) in [6.45, 7) is 2.60. The van der Waals surface area contributed by atoms with Gasteiger partial charge >= 0.3 is 0 Å². The monoisotopic (exact) mass is 411 g/mol. The lowest BCUT2D eigenvalue weighted by atomic mass is 10.2. The number of benzene rings is 1. The largest absolute Gasteiger partial charge is 0.451 e. The van der Waals surface area contributed by atoms with Gasteiger partial charge < -0.3 is 9.73 Å². The normalized spacial score (nSPS) is 10.8. The van der Waals surface area contributed by atoms with Gasteiger partial charge in [-0.25, -0.2) is 4.68 Å². The van der Waals surface area contributed by atoms with Crippen molar-refractivity contribution in [1.82, 2.24) is 20.2 Å². The molecule has 2 heterocycles. The number of hydrogen-bond acceptors (Lipinski definition) is 5. The van der Waals surface area contributed by atoms with Gasteiger partial charge in [0.15, 0.2) is 4.67 Å². The van der Waals surface area contributed by atoms with Gasteiger partial charge in [-0.1, -0.05) is 6.07 Å². The molecule has 0 saturated carbocycles. The second kappa shape index (κ2) is 5.98. The van der Waals surface area contributed by atoms with Crippen LogP contribution in [0.1, 0.15) is 11.3 Å². The number of nitrogens with zero attached hydrogens (tertiary/aromatic N) is 4. The molecule has 0 unspecified atom stereocenters. The molecule has 0 bridgehead atoms. The van der Waals surface area contributed by atoms with Gasteiger partial charge in [0.2, 0.25) is 0 Å². The molecular formula is C13H11Br2N5O. The summed E-state index contributed by atoms with van der Waals surface area (Å²) in [6.07, 6.45) is 1.58. The third-order valence-corrected chi connectivity index (χ3v) is 4.68. The van der Waals surface area contributed by atoms with E-state index >= 15 is 0 Å². The lowest BCUT2D eigenvalue weighted by Gasteiger charge is -2.09. The maximum Gasteiger partial charge on any atom is 0.183 e. The van der Waals surface area contributed by atoms with E-state index in [0.29, 0.717) is 11.2 Å². The van der Waals surface area contributed by atoms with Crippen molar-refractivity contribution in [2.45, 2.75) is 13.5 Å². The Hall–Kier alpha value is -1.67. The molecule has 0 spiro atoms. The first-order chi connectivity index (χ1) is 10.1. The van der Waals surface area contributed by atoms with E-state index in [0.717, 1.165) is 27.2 Å². The van der Waals surface area contributed by atoms with Crippen molar-refractivity contribution in [1.29, 1.82) is 0 Å². The first-order valence-electron chi connectivity index (χ1n) is 6.15. The van der Waals surface area contributed by atoms with Gasteiger partial charge in [-0.05, 0) is 73.0 Å². The minimum atomic E-state index is 0.586. The zero-order valence-electron chi connectivity index (χ0n) is 11.0. The van der Waals surface area contributed by atoms with E-state index in [1.165, 1.54) is 0 Å². The number of aromatic nitrogens is 4. The molecule has 2 aromatic heterocycles. The van der Waals surface area contributed by atoms with Crippen LogP contribution in [0.25, 0.3) is 5.69 Å². The van der Waals surface area contributed by atoms with Gasteiger partial charge in [0.05, 0.1) is 16.7 Å². The highest BCUT2D eigenvalue weighted by atomic mass is 79.9. The Balaban J connectivity index is 1.78. The summed E-state index contributed by atoms with van der Waals surface area (Å²) in [6, 6.07) is 7.95. The SMILES string of the molecule is Cc1ccc(NCc2cc(Br)c(Br)o2)cc1-n1cnnn1. The van der Waals surface area contributed by atoms with Crippen LogP contribution in [0.4, 0.5) is 5.69 Å². The van der Waals surface area contributed by atoms with Crippen molar-refractivity contribution in [2.24, 2.45) is 0 Å². The van der Waals surface area contributed by atoms with Crippen LogP contribution in [0.5, 0.6) is 0 Å². The maximum absolute atomic E-state index is 5.53. The number of tetrazole rings is 1. The predicted octanol–water partition coefficient (Wildman–Crippen LogP) is 3.70. The van der Waals surface area contributed by atoms with Gasteiger partial charge in [0.25, 0.3) is 0 Å². The number of halogens is 2. The second-order valence-corrected chi connectivity index (χ2v) is 6.02. The van der Waals surface area contributed by atoms with Crippen molar-refractivity contribution in [3.63, 3.8) is 0 Å². The van der Waals surface area contributed by atoms with E-state index in [4.69, 9.17) is 4.42 Å². The van der Waals surface area contributed by atoms with E-state index in [9.17, 15) is 0 Å². The fourth-order valence-electron chi connectivity index (χ4n) is 1.91. The fourth-order valence-corrected chi connectivity index (χ4v) is 2.56. The van der Waals surface area contributed by atoms with Crippen LogP contribution in [0.15, 0.2) is 44.2 Å². The van der Waals surface area contributed by atoms with E-state index in [-0.39, 0.29) is 0 Å². The summed E-state index contributed by atoms with van der Waals surface area (Å²) >= 11 is 6.72. The van der Waals surface area contributed by atoms with Crippen LogP contribution in [-0.4, -0.2) is 20.2 Å². The minimum absolute atomic E-state index is 0.586. The van der Waals surface area contributed by atoms with Crippen LogP contribution < -0.4 is 5.32 Å². The van der Waals surface area contributed by atoms with Crippen LogP contribution in [0.3, 0.4) is 0 Å². The van der Waals surface area contributed by atoms with Crippen LogP contribution in [0.2, 0.25) is 0 Å². The summed E-state index contributed by atoms with van der Waals surface area (Å²) in [5, 5.41) is 14.6. The standard InChI is InChI=1S/C13H11Br2N5O/c1-8-2-3-9(4-12(8)20-7-17-18-19-20)16-6-10-5-11(14)13(15)21-10/h2-5,7,16H,6H2,1H3. The van der Waals surface area contributed by atoms with E-state index in [1.807, 2.05) is 31.2 Å². The number of hydrogen-bond donors (Lipinski definition) is 1.